The van der Waals surface area contributed by atoms with E-state index < -0.39 is 0 Å². The van der Waals surface area contributed by atoms with Gasteiger partial charge in [-0.15, -0.1) is 5.10 Å². The van der Waals surface area contributed by atoms with Gasteiger partial charge in [0.15, 0.2) is 5.69 Å². The lowest BCUT2D eigenvalue weighted by Gasteiger charge is -2.14. The van der Waals surface area contributed by atoms with Gasteiger partial charge in [0.25, 0.3) is 0 Å². The quantitative estimate of drug-likeness (QED) is 0.651. The van der Waals surface area contributed by atoms with Crippen LogP contribution in [0.25, 0.3) is 27.2 Å². The molecule has 29 heavy (non-hydrogen) atoms. The number of aromatic nitrogens is 3. The Kier molecular flexibility index (Phi) is 5.39. The second kappa shape index (κ2) is 8.27. The largest absolute Gasteiger partial charge is 0.356 e. The van der Waals surface area contributed by atoms with Gasteiger partial charge in [-0.3, -0.25) is 4.79 Å². The van der Waals surface area contributed by atoms with Gasteiger partial charge in [-0.25, -0.2) is 9.53 Å². The number of hydrogen-bond acceptors (Lipinski definition) is 3. The molecule has 1 fully saturated rings. The molecule has 1 heterocycles. The molecule has 0 spiro atoms. The van der Waals surface area contributed by atoms with E-state index in [1.54, 1.807) is 6.20 Å². The SMILES string of the molecule is [C-]#[N+]c1ccc(-c2ccc(-c3cnnn3[C@@H]3CC[C@H](C(=O)NCC)C3)cc2)cc1. The van der Waals surface area contributed by atoms with E-state index in [-0.39, 0.29) is 17.9 Å². The summed E-state index contributed by atoms with van der Waals surface area (Å²) in [5, 5.41) is 11.4. The van der Waals surface area contributed by atoms with Crippen molar-refractivity contribution in [1.82, 2.24) is 20.3 Å². The molecule has 1 aliphatic carbocycles. The Bertz CT molecular complexity index is 1030. The van der Waals surface area contributed by atoms with Crippen LogP contribution in [0.4, 0.5) is 5.69 Å². The highest BCUT2D eigenvalue weighted by Gasteiger charge is 2.32. The van der Waals surface area contributed by atoms with Crippen LogP contribution in [0.5, 0.6) is 0 Å². The molecule has 146 valence electrons. The second-order valence-corrected chi connectivity index (χ2v) is 7.36. The molecule has 0 aliphatic heterocycles. The third-order valence-corrected chi connectivity index (χ3v) is 5.56. The van der Waals surface area contributed by atoms with Gasteiger partial charge in [-0.2, -0.15) is 0 Å². The molecule has 1 amide bonds. The van der Waals surface area contributed by atoms with E-state index in [1.807, 2.05) is 35.9 Å². The van der Waals surface area contributed by atoms with E-state index in [1.165, 1.54) is 0 Å². The van der Waals surface area contributed by atoms with Gasteiger partial charge < -0.3 is 5.32 Å². The number of carbonyl (C=O) groups excluding carboxylic acids is 1. The van der Waals surface area contributed by atoms with Crippen LogP contribution in [0.3, 0.4) is 0 Å². The maximum Gasteiger partial charge on any atom is 0.223 e. The summed E-state index contributed by atoms with van der Waals surface area (Å²) in [6.07, 6.45) is 4.41. The molecule has 6 nitrogen and oxygen atoms in total. The molecule has 3 aromatic rings. The smallest absolute Gasteiger partial charge is 0.223 e. The fourth-order valence-electron chi connectivity index (χ4n) is 4.02. The van der Waals surface area contributed by atoms with Crippen LogP contribution in [0.1, 0.15) is 32.2 Å². The predicted molar refractivity (Wildman–Crippen MR) is 112 cm³/mol. The Morgan fingerprint density at radius 3 is 2.41 bits per heavy atom. The molecule has 4 rings (SSSR count). The van der Waals surface area contributed by atoms with E-state index in [0.717, 1.165) is 41.6 Å². The standard InChI is InChI=1S/C23H23N5O/c1-3-25-23(29)19-10-13-21(14-19)28-22(15-26-27-28)18-6-4-16(5-7-18)17-8-11-20(24-2)12-9-17/h4-9,11-12,15,19,21H,3,10,13-14H2,1H3,(H,25,29)/t19-,21+/m0/s1. The molecule has 1 aromatic heterocycles. The minimum Gasteiger partial charge on any atom is -0.356 e. The zero-order valence-electron chi connectivity index (χ0n) is 16.4. The lowest BCUT2D eigenvalue weighted by molar-refractivity contribution is -0.124. The van der Waals surface area contributed by atoms with Gasteiger partial charge in [-0.1, -0.05) is 53.7 Å². The highest BCUT2D eigenvalue weighted by atomic mass is 16.1. The minimum absolute atomic E-state index is 0.0535. The highest BCUT2D eigenvalue weighted by molar-refractivity contribution is 5.79. The van der Waals surface area contributed by atoms with Crippen molar-refractivity contribution in [2.75, 3.05) is 6.54 Å². The van der Waals surface area contributed by atoms with Crippen molar-refractivity contribution in [3.05, 3.63) is 66.1 Å². The number of benzene rings is 2. The van der Waals surface area contributed by atoms with E-state index >= 15 is 0 Å². The average molecular weight is 385 g/mol. The number of hydrogen-bond donors (Lipinski definition) is 1. The number of nitrogens with zero attached hydrogens (tertiary/aromatic N) is 4. The number of amides is 1. The number of carbonyl (C=O) groups is 1. The molecule has 0 unspecified atom stereocenters. The molecule has 1 saturated carbocycles. The summed E-state index contributed by atoms with van der Waals surface area (Å²) < 4.78 is 1.97. The normalized spacial score (nSPS) is 18.3. The first-order valence-electron chi connectivity index (χ1n) is 9.96. The Balaban J connectivity index is 1.52. The van der Waals surface area contributed by atoms with Crippen LogP contribution < -0.4 is 5.32 Å². The number of nitrogens with one attached hydrogen (secondary N) is 1. The summed E-state index contributed by atoms with van der Waals surface area (Å²) in [5.74, 6) is 0.197. The van der Waals surface area contributed by atoms with Crippen molar-refractivity contribution >= 4 is 11.6 Å². The first-order valence-corrected chi connectivity index (χ1v) is 9.96. The van der Waals surface area contributed by atoms with Crippen molar-refractivity contribution in [3.8, 4) is 22.4 Å². The molecule has 2 aromatic carbocycles. The fraction of sp³-hybridized carbons (Fsp3) is 0.304. The van der Waals surface area contributed by atoms with Gasteiger partial charge in [0, 0.05) is 18.0 Å². The summed E-state index contributed by atoms with van der Waals surface area (Å²) in [5.41, 5.74) is 4.85. The highest BCUT2D eigenvalue weighted by Crippen LogP contribution is 2.37. The molecule has 1 aliphatic rings. The van der Waals surface area contributed by atoms with E-state index in [0.29, 0.717) is 12.2 Å². The summed E-state index contributed by atoms with van der Waals surface area (Å²) in [7, 11) is 0. The summed E-state index contributed by atoms with van der Waals surface area (Å²) >= 11 is 0. The average Bonchev–Trinajstić information content (AvgIpc) is 3.44. The van der Waals surface area contributed by atoms with Crippen LogP contribution >= 0.6 is 0 Å². The zero-order chi connectivity index (χ0) is 20.2. The molecule has 0 bridgehead atoms. The van der Waals surface area contributed by atoms with Crippen molar-refractivity contribution in [3.63, 3.8) is 0 Å². The van der Waals surface area contributed by atoms with Gasteiger partial charge in [0.05, 0.1) is 24.5 Å². The lowest BCUT2D eigenvalue weighted by Crippen LogP contribution is -2.29. The third-order valence-electron chi connectivity index (χ3n) is 5.56. The Hall–Kier alpha value is -3.46. The molecule has 0 radical (unpaired) electrons. The molecule has 2 atom stereocenters. The minimum atomic E-state index is 0.0535. The lowest BCUT2D eigenvalue weighted by atomic mass is 10.0. The van der Waals surface area contributed by atoms with Gasteiger partial charge in [-0.05, 0) is 37.3 Å². The summed E-state index contributed by atoms with van der Waals surface area (Å²) in [4.78, 5) is 15.6. The van der Waals surface area contributed by atoms with Crippen molar-refractivity contribution in [1.29, 1.82) is 0 Å². The van der Waals surface area contributed by atoms with Crippen LogP contribution in [0.15, 0.2) is 54.7 Å². The van der Waals surface area contributed by atoms with E-state index in [4.69, 9.17) is 6.57 Å². The van der Waals surface area contributed by atoms with Crippen molar-refractivity contribution < 1.29 is 4.79 Å². The Labute approximate surface area is 170 Å². The van der Waals surface area contributed by atoms with Crippen LogP contribution in [0.2, 0.25) is 0 Å². The first kappa shape index (κ1) is 18.9. The van der Waals surface area contributed by atoms with Crippen molar-refractivity contribution in [2.24, 2.45) is 5.92 Å². The summed E-state index contributed by atoms with van der Waals surface area (Å²) in [6.45, 7) is 9.68. The molecule has 0 saturated heterocycles. The van der Waals surface area contributed by atoms with Crippen LogP contribution in [-0.4, -0.2) is 27.4 Å². The zero-order valence-corrected chi connectivity index (χ0v) is 16.4. The maximum atomic E-state index is 12.2. The van der Waals surface area contributed by atoms with Gasteiger partial charge in [0.2, 0.25) is 5.91 Å². The number of rotatable bonds is 5. The Morgan fingerprint density at radius 2 is 1.76 bits per heavy atom. The maximum absolute atomic E-state index is 12.2. The monoisotopic (exact) mass is 385 g/mol. The Morgan fingerprint density at radius 1 is 1.10 bits per heavy atom. The fourth-order valence-corrected chi connectivity index (χ4v) is 4.02. The van der Waals surface area contributed by atoms with Crippen LogP contribution in [-0.2, 0) is 4.79 Å². The van der Waals surface area contributed by atoms with E-state index in [9.17, 15) is 4.79 Å². The summed E-state index contributed by atoms with van der Waals surface area (Å²) in [6, 6.07) is 16.1. The van der Waals surface area contributed by atoms with Crippen molar-refractivity contribution in [2.45, 2.75) is 32.2 Å². The van der Waals surface area contributed by atoms with Gasteiger partial charge in [0.1, 0.15) is 0 Å². The van der Waals surface area contributed by atoms with E-state index in [2.05, 4.69) is 44.7 Å². The predicted octanol–water partition coefficient (Wildman–Crippen LogP) is 4.64. The van der Waals surface area contributed by atoms with Crippen LogP contribution in [0, 0.1) is 12.5 Å². The molecule has 1 N–H and O–H groups in total. The molecular formula is C23H23N5O. The molecular weight excluding hydrogens is 362 g/mol. The topological polar surface area (TPSA) is 64.2 Å². The first-order chi connectivity index (χ1) is 14.2. The van der Waals surface area contributed by atoms with Gasteiger partial charge >= 0.3 is 0 Å². The second-order valence-electron chi connectivity index (χ2n) is 7.36. The molecule has 6 heteroatoms. The third kappa shape index (κ3) is 3.90.